The van der Waals surface area contributed by atoms with Gasteiger partial charge >= 0.3 is 0 Å². The molecule has 80 valence electrons. The molecule has 1 heteroatoms. The maximum Gasteiger partial charge on any atom is 0 e. The molecular weight excluding hydrogens is 269 g/mol. The van der Waals surface area contributed by atoms with Crippen molar-refractivity contribution in [1.29, 1.82) is 0 Å². The van der Waals surface area contributed by atoms with Crippen LogP contribution in [0.4, 0.5) is 0 Å². The molecule has 0 spiro atoms. The minimum absolute atomic E-state index is 0. The third-order valence-electron chi connectivity index (χ3n) is 2.76. The summed E-state index contributed by atoms with van der Waals surface area (Å²) >= 11 is 0. The average Bonchev–Trinajstić information content (AvgIpc) is 2.30. The monoisotopic (exact) mass is 286 g/mol. The Bertz CT molecular complexity index is 375. The first kappa shape index (κ1) is 12.4. The predicted molar refractivity (Wildman–Crippen MR) is 62.2 cm³/mol. The van der Waals surface area contributed by atoms with E-state index in [1.807, 2.05) is 0 Å². The van der Waals surface area contributed by atoms with Gasteiger partial charge in [0.15, 0.2) is 0 Å². The first-order valence-electron chi connectivity index (χ1n) is 5.36. The van der Waals surface area contributed by atoms with Crippen LogP contribution in [0, 0.1) is 0 Å². The summed E-state index contributed by atoms with van der Waals surface area (Å²) in [6, 6.07) is 8.73. The topological polar surface area (TPSA) is 0 Å². The molecule has 1 aliphatic carbocycles. The summed E-state index contributed by atoms with van der Waals surface area (Å²) in [4.78, 5) is 0. The van der Waals surface area contributed by atoms with Crippen molar-refractivity contribution in [2.75, 3.05) is 0 Å². The van der Waals surface area contributed by atoms with Crippen LogP contribution in [0.2, 0.25) is 0 Å². The zero-order chi connectivity index (χ0) is 9.80. The molecule has 0 heterocycles. The Hall–Kier alpha value is -0.677. The molecule has 0 unspecified atom stereocenters. The van der Waals surface area contributed by atoms with Crippen LogP contribution in [0.25, 0.3) is 5.57 Å². The molecule has 0 aromatic heterocycles. The van der Waals surface area contributed by atoms with Crippen molar-refractivity contribution in [3.05, 3.63) is 53.6 Å². The van der Waals surface area contributed by atoms with Crippen LogP contribution in [0.3, 0.4) is 0 Å². The number of hydrogen-bond donors (Lipinski definition) is 0. The normalized spacial score (nSPS) is 14.3. The summed E-state index contributed by atoms with van der Waals surface area (Å²) in [5.74, 6) is 0. The van der Waals surface area contributed by atoms with Crippen LogP contribution < -0.4 is 0 Å². The van der Waals surface area contributed by atoms with Crippen molar-refractivity contribution in [2.24, 2.45) is 0 Å². The van der Waals surface area contributed by atoms with Gasteiger partial charge < -0.3 is 0 Å². The number of aryl methyl sites for hydroxylation is 1. The number of benzene rings is 1. The van der Waals surface area contributed by atoms with Crippen molar-refractivity contribution in [3.63, 3.8) is 0 Å². The Balaban J connectivity index is 0.00000112. The largest absolute Gasteiger partial charge is 0.0842 e. The van der Waals surface area contributed by atoms with Crippen molar-refractivity contribution >= 4 is 5.57 Å². The number of rotatable bonds is 2. The fraction of sp³-hybridized carbons (Fsp3) is 0.286. The van der Waals surface area contributed by atoms with Gasteiger partial charge in [0.2, 0.25) is 0 Å². The SMILES string of the molecule is CCc1ccccc1C1=CC=CCC1.[Ru]. The second-order valence-corrected chi connectivity index (χ2v) is 3.67. The molecule has 1 aliphatic rings. The summed E-state index contributed by atoms with van der Waals surface area (Å²) in [6.45, 7) is 2.22. The molecule has 0 amide bonds. The summed E-state index contributed by atoms with van der Waals surface area (Å²) in [6.07, 6.45) is 10.1. The summed E-state index contributed by atoms with van der Waals surface area (Å²) in [5, 5.41) is 0. The third kappa shape index (κ3) is 2.89. The van der Waals surface area contributed by atoms with E-state index in [9.17, 15) is 0 Å². The second-order valence-electron chi connectivity index (χ2n) is 3.67. The van der Waals surface area contributed by atoms with E-state index in [1.54, 1.807) is 0 Å². The molecule has 1 aromatic carbocycles. The van der Waals surface area contributed by atoms with E-state index >= 15 is 0 Å². The first-order chi connectivity index (χ1) is 6.92. The molecule has 2 rings (SSSR count). The molecule has 0 N–H and O–H groups in total. The third-order valence-corrected chi connectivity index (χ3v) is 2.76. The van der Waals surface area contributed by atoms with Crippen LogP contribution in [0.5, 0.6) is 0 Å². The van der Waals surface area contributed by atoms with Crippen LogP contribution in [0.1, 0.15) is 30.9 Å². The molecule has 0 saturated heterocycles. The molecule has 1 aromatic rings. The van der Waals surface area contributed by atoms with E-state index in [-0.39, 0.29) is 19.5 Å². The zero-order valence-corrected chi connectivity index (χ0v) is 10.8. The predicted octanol–water partition coefficient (Wildman–Crippen LogP) is 3.98. The van der Waals surface area contributed by atoms with Gasteiger partial charge in [0.25, 0.3) is 0 Å². The summed E-state index contributed by atoms with van der Waals surface area (Å²) < 4.78 is 0. The molecule has 0 fully saturated rings. The molecule has 15 heavy (non-hydrogen) atoms. The molecule has 0 nitrogen and oxygen atoms in total. The van der Waals surface area contributed by atoms with Gasteiger partial charge in [-0.05, 0) is 36.0 Å². The minimum atomic E-state index is 0. The quantitative estimate of drug-likeness (QED) is 0.721. The minimum Gasteiger partial charge on any atom is -0.0842 e. The van der Waals surface area contributed by atoms with E-state index in [1.165, 1.54) is 29.5 Å². The second kappa shape index (κ2) is 6.03. The van der Waals surface area contributed by atoms with Gasteiger partial charge in [-0.2, -0.15) is 0 Å². The first-order valence-corrected chi connectivity index (χ1v) is 5.36. The molecule has 0 atom stereocenters. The zero-order valence-electron chi connectivity index (χ0n) is 9.02. The Morgan fingerprint density at radius 3 is 2.67 bits per heavy atom. The van der Waals surface area contributed by atoms with E-state index in [2.05, 4.69) is 49.4 Å². The average molecular weight is 285 g/mol. The Morgan fingerprint density at radius 2 is 2.00 bits per heavy atom. The number of hydrogen-bond acceptors (Lipinski definition) is 0. The van der Waals surface area contributed by atoms with Crippen molar-refractivity contribution in [1.82, 2.24) is 0 Å². The van der Waals surface area contributed by atoms with Gasteiger partial charge in [-0.1, -0.05) is 49.4 Å². The summed E-state index contributed by atoms with van der Waals surface area (Å²) in [5.41, 5.74) is 4.40. The van der Waals surface area contributed by atoms with Gasteiger partial charge in [-0.25, -0.2) is 0 Å². The molecule has 0 aliphatic heterocycles. The van der Waals surface area contributed by atoms with E-state index in [0.717, 1.165) is 6.42 Å². The molecule has 0 bridgehead atoms. The Labute approximate surface area is 105 Å². The smallest absolute Gasteiger partial charge is 0 e. The van der Waals surface area contributed by atoms with Crippen molar-refractivity contribution in [2.45, 2.75) is 26.2 Å². The van der Waals surface area contributed by atoms with Gasteiger partial charge in [0, 0.05) is 19.5 Å². The maximum atomic E-state index is 2.25. The van der Waals surface area contributed by atoms with E-state index in [0.29, 0.717) is 0 Å². The standard InChI is InChI=1S/C14H16.Ru/c1-2-12-8-6-7-11-14(12)13-9-4-3-5-10-13;/h3-4,6-9,11H,2,5,10H2,1H3;. The summed E-state index contributed by atoms with van der Waals surface area (Å²) in [7, 11) is 0. The van der Waals surface area contributed by atoms with Crippen LogP contribution in [0.15, 0.2) is 42.5 Å². The Morgan fingerprint density at radius 1 is 1.20 bits per heavy atom. The molecule has 0 radical (unpaired) electrons. The van der Waals surface area contributed by atoms with Gasteiger partial charge in [0.05, 0.1) is 0 Å². The fourth-order valence-electron chi connectivity index (χ4n) is 1.97. The van der Waals surface area contributed by atoms with Crippen molar-refractivity contribution < 1.29 is 19.5 Å². The van der Waals surface area contributed by atoms with Crippen molar-refractivity contribution in [3.8, 4) is 0 Å². The van der Waals surface area contributed by atoms with Gasteiger partial charge in [0.1, 0.15) is 0 Å². The van der Waals surface area contributed by atoms with Crippen LogP contribution >= 0.6 is 0 Å². The van der Waals surface area contributed by atoms with Crippen LogP contribution in [-0.2, 0) is 25.9 Å². The molecular formula is C14H16Ru. The van der Waals surface area contributed by atoms with Gasteiger partial charge in [-0.3, -0.25) is 0 Å². The van der Waals surface area contributed by atoms with Crippen LogP contribution in [-0.4, -0.2) is 0 Å². The maximum absolute atomic E-state index is 2.25. The Kier molecular flexibility index (Phi) is 4.98. The number of allylic oxidation sites excluding steroid dienone is 4. The molecule has 0 saturated carbocycles. The fourth-order valence-corrected chi connectivity index (χ4v) is 1.97. The van der Waals surface area contributed by atoms with E-state index < -0.39 is 0 Å². The van der Waals surface area contributed by atoms with E-state index in [4.69, 9.17) is 0 Å². The van der Waals surface area contributed by atoms with Gasteiger partial charge in [-0.15, -0.1) is 0 Å².